The van der Waals surface area contributed by atoms with Crippen LogP contribution in [-0.4, -0.2) is 10.5 Å². The quantitative estimate of drug-likeness (QED) is 0.570. The third-order valence-electron chi connectivity index (χ3n) is 4.84. The van der Waals surface area contributed by atoms with Gasteiger partial charge in [0.2, 0.25) is 5.91 Å². The fourth-order valence-corrected chi connectivity index (χ4v) is 3.97. The minimum atomic E-state index is -0.382. The molecule has 0 amide bonds. The average molecular weight is 384 g/mol. The normalized spacial score (nSPS) is 19.8. The number of ether oxygens (including phenoxy) is 1. The number of aromatic nitrogens is 1. The van der Waals surface area contributed by atoms with Gasteiger partial charge in [-0.05, 0) is 43.5 Å². The Morgan fingerprint density at radius 2 is 1.96 bits per heavy atom. The number of nitrogens with zero attached hydrogens (tertiary/aromatic N) is 1. The lowest BCUT2D eigenvalue weighted by Gasteiger charge is -2.35. The number of hydrogen-bond acceptors (Lipinski definition) is 2. The maximum Gasteiger partial charge on any atom is 0.228 e. The van der Waals surface area contributed by atoms with Crippen molar-refractivity contribution in [1.29, 1.82) is 0 Å². The van der Waals surface area contributed by atoms with E-state index in [1.54, 1.807) is 11.5 Å². The van der Waals surface area contributed by atoms with Crippen LogP contribution in [0.1, 0.15) is 36.3 Å². The number of carbonyl (C=O) groups is 1. The summed E-state index contributed by atoms with van der Waals surface area (Å²) in [5.41, 5.74) is 2.67. The van der Waals surface area contributed by atoms with Crippen molar-refractivity contribution in [1.82, 2.24) is 4.57 Å². The maximum atomic E-state index is 12.2. The van der Waals surface area contributed by atoms with Crippen molar-refractivity contribution in [2.75, 3.05) is 0 Å². The van der Waals surface area contributed by atoms with E-state index in [-0.39, 0.29) is 11.5 Å². The van der Waals surface area contributed by atoms with Gasteiger partial charge in [-0.1, -0.05) is 46.3 Å². The van der Waals surface area contributed by atoms with E-state index in [1.807, 2.05) is 36.4 Å². The molecule has 0 radical (unpaired) electrons. The average Bonchev–Trinajstić information content (AvgIpc) is 2.89. The summed E-state index contributed by atoms with van der Waals surface area (Å²) in [6.45, 7) is 3.73. The molecule has 2 heterocycles. The van der Waals surface area contributed by atoms with Crippen LogP contribution in [-0.2, 0) is 12.0 Å². The highest BCUT2D eigenvalue weighted by Crippen LogP contribution is 2.45. The van der Waals surface area contributed by atoms with Crippen LogP contribution in [0, 0.1) is 0 Å². The van der Waals surface area contributed by atoms with Crippen molar-refractivity contribution in [3.63, 3.8) is 0 Å². The molecule has 2 aromatic carbocycles. The zero-order chi connectivity index (χ0) is 16.9. The second-order valence-corrected chi connectivity index (χ2v) is 7.41. The molecule has 0 saturated carbocycles. The molecule has 1 aromatic heterocycles. The minimum Gasteiger partial charge on any atom is -0.480 e. The molecule has 1 aliphatic heterocycles. The summed E-state index contributed by atoms with van der Waals surface area (Å²) < 4.78 is 9.28. The third kappa shape index (κ3) is 2.28. The first-order valence-corrected chi connectivity index (χ1v) is 8.87. The highest BCUT2D eigenvalue weighted by molar-refractivity contribution is 9.10. The van der Waals surface area contributed by atoms with Crippen molar-refractivity contribution in [3.05, 3.63) is 64.3 Å². The molecular weight excluding hydrogens is 366 g/mol. The van der Waals surface area contributed by atoms with Crippen molar-refractivity contribution < 1.29 is 9.53 Å². The van der Waals surface area contributed by atoms with E-state index in [9.17, 15) is 4.79 Å². The molecular formula is C20H18BrNO2. The Morgan fingerprint density at radius 3 is 2.67 bits per heavy atom. The molecule has 1 aliphatic rings. The van der Waals surface area contributed by atoms with Gasteiger partial charge < -0.3 is 4.74 Å². The Balaban J connectivity index is 1.92. The molecule has 1 atom stereocenters. The first kappa shape index (κ1) is 15.5. The SMILES string of the molecule is CC(=O)n1c2c(c3cc(Br)ccc31)OC(C)(c1ccccc1)CC2. The molecule has 122 valence electrons. The Bertz CT molecular complexity index is 945. The fraction of sp³-hybridized carbons (Fsp3) is 0.250. The van der Waals surface area contributed by atoms with Crippen molar-refractivity contribution in [2.45, 2.75) is 32.3 Å². The van der Waals surface area contributed by atoms with Crippen LogP contribution < -0.4 is 4.74 Å². The Morgan fingerprint density at radius 1 is 1.21 bits per heavy atom. The third-order valence-corrected chi connectivity index (χ3v) is 5.33. The van der Waals surface area contributed by atoms with Gasteiger partial charge in [0.1, 0.15) is 11.4 Å². The number of rotatable bonds is 1. The molecule has 24 heavy (non-hydrogen) atoms. The summed E-state index contributed by atoms with van der Waals surface area (Å²) in [7, 11) is 0. The number of benzene rings is 2. The molecule has 0 fully saturated rings. The van der Waals surface area contributed by atoms with Crippen LogP contribution in [0.3, 0.4) is 0 Å². The topological polar surface area (TPSA) is 31.2 Å². The van der Waals surface area contributed by atoms with Crippen LogP contribution >= 0.6 is 15.9 Å². The van der Waals surface area contributed by atoms with Crippen LogP contribution in [0.5, 0.6) is 5.75 Å². The van der Waals surface area contributed by atoms with Crippen LogP contribution in [0.25, 0.3) is 10.9 Å². The Labute approximate surface area is 149 Å². The van der Waals surface area contributed by atoms with Crippen molar-refractivity contribution in [2.24, 2.45) is 0 Å². The molecule has 0 spiro atoms. The van der Waals surface area contributed by atoms with Crippen LogP contribution in [0.4, 0.5) is 0 Å². The summed E-state index contributed by atoms with van der Waals surface area (Å²) >= 11 is 3.53. The Hall–Kier alpha value is -2.07. The van der Waals surface area contributed by atoms with E-state index in [0.29, 0.717) is 0 Å². The van der Waals surface area contributed by atoms with Gasteiger partial charge in [0.05, 0.1) is 11.2 Å². The summed E-state index contributed by atoms with van der Waals surface area (Å²) in [5.74, 6) is 0.856. The molecule has 1 unspecified atom stereocenters. The molecule has 0 bridgehead atoms. The van der Waals surface area contributed by atoms with Gasteiger partial charge in [0, 0.05) is 16.8 Å². The van der Waals surface area contributed by atoms with E-state index < -0.39 is 0 Å². The first-order chi connectivity index (χ1) is 11.5. The molecule has 0 aliphatic carbocycles. The molecule has 4 heteroatoms. The van der Waals surface area contributed by atoms with Gasteiger partial charge in [-0.3, -0.25) is 9.36 Å². The lowest BCUT2D eigenvalue weighted by Crippen LogP contribution is -2.34. The summed E-state index contributed by atoms with van der Waals surface area (Å²) in [6.07, 6.45) is 1.65. The lowest BCUT2D eigenvalue weighted by molar-refractivity contribution is 0.0619. The molecule has 0 N–H and O–H groups in total. The number of hydrogen-bond donors (Lipinski definition) is 0. The number of fused-ring (bicyclic) bond motifs is 3. The van der Waals surface area contributed by atoms with Gasteiger partial charge in [-0.25, -0.2) is 0 Å². The van der Waals surface area contributed by atoms with E-state index in [1.165, 1.54) is 0 Å². The predicted molar refractivity (Wildman–Crippen MR) is 98.7 cm³/mol. The minimum absolute atomic E-state index is 0.0236. The second-order valence-electron chi connectivity index (χ2n) is 6.49. The molecule has 4 rings (SSSR count). The van der Waals surface area contributed by atoms with E-state index in [0.717, 1.165) is 45.2 Å². The summed E-state index contributed by atoms with van der Waals surface area (Å²) in [4.78, 5) is 12.2. The van der Waals surface area contributed by atoms with Crippen LogP contribution in [0.15, 0.2) is 53.0 Å². The maximum absolute atomic E-state index is 12.2. The molecule has 3 nitrogen and oxygen atoms in total. The van der Waals surface area contributed by atoms with Gasteiger partial charge in [0.15, 0.2) is 0 Å². The monoisotopic (exact) mass is 383 g/mol. The largest absolute Gasteiger partial charge is 0.480 e. The fourth-order valence-electron chi connectivity index (χ4n) is 3.61. The van der Waals surface area contributed by atoms with Gasteiger partial charge in [-0.2, -0.15) is 0 Å². The lowest BCUT2D eigenvalue weighted by atomic mass is 9.88. The summed E-state index contributed by atoms with van der Waals surface area (Å²) in [5, 5.41) is 0.983. The number of halogens is 1. The van der Waals surface area contributed by atoms with E-state index in [2.05, 4.69) is 35.0 Å². The summed E-state index contributed by atoms with van der Waals surface area (Å²) in [6, 6.07) is 16.3. The molecule has 0 saturated heterocycles. The first-order valence-electron chi connectivity index (χ1n) is 8.08. The second kappa shape index (κ2) is 5.49. The van der Waals surface area contributed by atoms with E-state index >= 15 is 0 Å². The van der Waals surface area contributed by atoms with E-state index in [4.69, 9.17) is 4.74 Å². The highest BCUT2D eigenvalue weighted by atomic mass is 79.9. The molecule has 3 aromatic rings. The van der Waals surface area contributed by atoms with Crippen molar-refractivity contribution in [3.8, 4) is 5.75 Å². The Kier molecular flexibility index (Phi) is 3.53. The predicted octanol–water partition coefficient (Wildman–Crippen LogP) is 5.30. The highest BCUT2D eigenvalue weighted by Gasteiger charge is 2.37. The number of carbonyl (C=O) groups excluding carboxylic acids is 1. The van der Waals surface area contributed by atoms with Crippen LogP contribution in [0.2, 0.25) is 0 Å². The zero-order valence-electron chi connectivity index (χ0n) is 13.7. The zero-order valence-corrected chi connectivity index (χ0v) is 15.3. The van der Waals surface area contributed by atoms with Gasteiger partial charge in [0.25, 0.3) is 0 Å². The van der Waals surface area contributed by atoms with Gasteiger partial charge >= 0.3 is 0 Å². The smallest absolute Gasteiger partial charge is 0.228 e. The van der Waals surface area contributed by atoms with Crippen molar-refractivity contribution >= 4 is 32.7 Å². The van der Waals surface area contributed by atoms with Gasteiger partial charge in [-0.15, -0.1) is 0 Å². The standard InChI is InChI=1S/C20H18BrNO2/c1-13(23)22-17-9-8-15(21)12-16(17)19-18(22)10-11-20(2,24-19)14-6-4-3-5-7-14/h3-9,12H,10-11H2,1-2H3.